The number of carbonyl (C=O) groups excluding carboxylic acids is 1. The lowest BCUT2D eigenvalue weighted by atomic mass is 9.97. The van der Waals surface area contributed by atoms with Crippen molar-refractivity contribution in [3.8, 4) is 0 Å². The predicted octanol–water partition coefficient (Wildman–Crippen LogP) is 2.87. The molecule has 3 nitrogen and oxygen atoms in total. The Morgan fingerprint density at radius 3 is 2.25 bits per heavy atom. The van der Waals surface area contributed by atoms with Crippen LogP contribution >= 0.6 is 12.4 Å². The first kappa shape index (κ1) is 17.6. The quantitative estimate of drug-likeness (QED) is 0.848. The summed E-state index contributed by atoms with van der Waals surface area (Å²) in [5.41, 5.74) is 5.15. The molecule has 2 saturated carbocycles. The lowest BCUT2D eigenvalue weighted by Crippen LogP contribution is -2.54. The van der Waals surface area contributed by atoms with E-state index in [1.165, 1.54) is 4.90 Å². The second kappa shape index (κ2) is 6.52. The highest BCUT2D eigenvalue weighted by atomic mass is 35.5. The molecule has 2 aliphatic rings. The summed E-state index contributed by atoms with van der Waals surface area (Å²) in [6, 6.07) is 0. The largest absolute Gasteiger partial charge is 0.390 e. The zero-order valence-electron chi connectivity index (χ0n) is 11.4. The molecule has 0 aliphatic heterocycles. The van der Waals surface area contributed by atoms with E-state index in [2.05, 4.69) is 0 Å². The van der Waals surface area contributed by atoms with Crippen LogP contribution in [0.3, 0.4) is 0 Å². The highest BCUT2D eigenvalue weighted by molar-refractivity contribution is 5.86. The smallest absolute Gasteiger partial charge is 0.340 e. The third kappa shape index (κ3) is 4.81. The van der Waals surface area contributed by atoms with Crippen LogP contribution in [0.25, 0.3) is 0 Å². The van der Waals surface area contributed by atoms with E-state index in [1.807, 2.05) is 0 Å². The van der Waals surface area contributed by atoms with Crippen molar-refractivity contribution in [3.63, 3.8) is 0 Å². The zero-order chi connectivity index (χ0) is 14.1. The molecular weight excluding hydrogens is 293 g/mol. The van der Waals surface area contributed by atoms with Gasteiger partial charge in [0.15, 0.2) is 0 Å². The molecule has 0 heterocycles. The number of amides is 1. The average Bonchev–Trinajstić information content (AvgIpc) is 3.03. The van der Waals surface area contributed by atoms with Gasteiger partial charge in [0, 0.05) is 13.1 Å². The highest BCUT2D eigenvalue weighted by Gasteiger charge is 2.42. The van der Waals surface area contributed by atoms with Crippen molar-refractivity contribution in [3.05, 3.63) is 0 Å². The van der Waals surface area contributed by atoms with Gasteiger partial charge < -0.3 is 10.6 Å². The van der Waals surface area contributed by atoms with Crippen LogP contribution in [0.4, 0.5) is 13.2 Å². The first-order chi connectivity index (χ1) is 8.80. The standard InChI is InChI=1S/C13H21F3N2O.ClH/c14-13(15,16)7-8-18(9-10-3-4-10)11(19)12(17)5-1-2-6-12;/h10H,1-9,17H2;1H. The number of hydrogen-bond donors (Lipinski definition) is 1. The van der Waals surface area contributed by atoms with E-state index in [0.29, 0.717) is 25.3 Å². The molecule has 1 amide bonds. The lowest BCUT2D eigenvalue weighted by Gasteiger charge is -2.32. The van der Waals surface area contributed by atoms with Gasteiger partial charge in [-0.3, -0.25) is 4.79 Å². The number of hydrogen-bond acceptors (Lipinski definition) is 2. The molecule has 2 rings (SSSR count). The Bertz CT molecular complexity index is 339. The van der Waals surface area contributed by atoms with E-state index in [-0.39, 0.29) is 24.9 Å². The Balaban J connectivity index is 0.00000200. The molecule has 0 radical (unpaired) electrons. The third-order valence-corrected chi connectivity index (χ3v) is 4.05. The van der Waals surface area contributed by atoms with Crippen molar-refractivity contribution in [2.45, 2.75) is 56.7 Å². The van der Waals surface area contributed by atoms with Gasteiger partial charge in [-0.05, 0) is 31.6 Å². The maximum atomic E-state index is 12.4. The Kier molecular flexibility index (Phi) is 5.72. The summed E-state index contributed by atoms with van der Waals surface area (Å²) >= 11 is 0. The van der Waals surface area contributed by atoms with Gasteiger partial charge in [-0.1, -0.05) is 12.8 Å². The highest BCUT2D eigenvalue weighted by Crippen LogP contribution is 2.34. The van der Waals surface area contributed by atoms with E-state index in [9.17, 15) is 18.0 Å². The number of carbonyl (C=O) groups is 1. The minimum absolute atomic E-state index is 0. The minimum Gasteiger partial charge on any atom is -0.340 e. The van der Waals surface area contributed by atoms with Crippen LogP contribution in [0.5, 0.6) is 0 Å². The summed E-state index contributed by atoms with van der Waals surface area (Å²) in [7, 11) is 0. The molecule has 7 heteroatoms. The number of rotatable bonds is 5. The summed E-state index contributed by atoms with van der Waals surface area (Å²) in [4.78, 5) is 13.7. The predicted molar refractivity (Wildman–Crippen MR) is 72.6 cm³/mol. The van der Waals surface area contributed by atoms with E-state index >= 15 is 0 Å². The first-order valence-electron chi connectivity index (χ1n) is 6.95. The van der Waals surface area contributed by atoms with E-state index in [0.717, 1.165) is 25.7 Å². The number of halogens is 4. The number of alkyl halides is 3. The molecule has 0 spiro atoms. The van der Waals surface area contributed by atoms with Crippen molar-refractivity contribution in [2.24, 2.45) is 11.7 Å². The Labute approximate surface area is 123 Å². The fourth-order valence-electron chi connectivity index (χ4n) is 2.68. The SMILES string of the molecule is Cl.NC1(C(=O)N(CCC(F)(F)F)CC2CC2)CCCC1. The molecule has 20 heavy (non-hydrogen) atoms. The second-order valence-corrected chi connectivity index (χ2v) is 5.92. The van der Waals surface area contributed by atoms with Gasteiger partial charge in [0.25, 0.3) is 0 Å². The molecule has 118 valence electrons. The van der Waals surface area contributed by atoms with Gasteiger partial charge in [0.2, 0.25) is 5.91 Å². The topological polar surface area (TPSA) is 46.3 Å². The summed E-state index contributed by atoms with van der Waals surface area (Å²) in [5, 5.41) is 0. The molecule has 0 aromatic carbocycles. The third-order valence-electron chi connectivity index (χ3n) is 4.05. The van der Waals surface area contributed by atoms with Crippen LogP contribution in [0.2, 0.25) is 0 Å². The van der Waals surface area contributed by atoms with Gasteiger partial charge in [-0.25, -0.2) is 0 Å². The molecule has 0 saturated heterocycles. The Morgan fingerprint density at radius 2 is 1.80 bits per heavy atom. The molecule has 0 atom stereocenters. The molecular formula is C13H22ClF3N2O. The lowest BCUT2D eigenvalue weighted by molar-refractivity contribution is -0.148. The summed E-state index contributed by atoms with van der Waals surface area (Å²) in [5.74, 6) is 0.100. The maximum absolute atomic E-state index is 12.4. The molecule has 2 aliphatic carbocycles. The summed E-state index contributed by atoms with van der Waals surface area (Å²) < 4.78 is 37.0. The molecule has 0 unspecified atom stereocenters. The van der Waals surface area contributed by atoms with Gasteiger partial charge in [-0.2, -0.15) is 13.2 Å². The Hall–Kier alpha value is -0.490. The van der Waals surface area contributed by atoms with Crippen LogP contribution in [0, 0.1) is 5.92 Å². The summed E-state index contributed by atoms with van der Waals surface area (Å²) in [6.07, 6.45) is -0.183. The number of nitrogens with two attached hydrogens (primary N) is 1. The number of nitrogens with zero attached hydrogens (tertiary/aromatic N) is 1. The molecule has 2 N–H and O–H groups in total. The van der Waals surface area contributed by atoms with E-state index in [1.54, 1.807) is 0 Å². The van der Waals surface area contributed by atoms with Crippen LogP contribution in [0.1, 0.15) is 44.9 Å². The fraction of sp³-hybridized carbons (Fsp3) is 0.923. The van der Waals surface area contributed by atoms with Crippen LogP contribution in [-0.4, -0.2) is 35.6 Å². The Morgan fingerprint density at radius 1 is 1.25 bits per heavy atom. The van der Waals surface area contributed by atoms with Crippen molar-refractivity contribution in [1.29, 1.82) is 0 Å². The normalized spacial score (nSPS) is 21.4. The van der Waals surface area contributed by atoms with Gasteiger partial charge >= 0.3 is 6.18 Å². The fourth-order valence-corrected chi connectivity index (χ4v) is 2.68. The van der Waals surface area contributed by atoms with Crippen LogP contribution in [0.15, 0.2) is 0 Å². The molecule has 0 aromatic rings. The van der Waals surface area contributed by atoms with E-state index < -0.39 is 18.1 Å². The maximum Gasteiger partial charge on any atom is 0.390 e. The van der Waals surface area contributed by atoms with Crippen LogP contribution in [-0.2, 0) is 4.79 Å². The minimum atomic E-state index is -4.22. The van der Waals surface area contributed by atoms with Crippen molar-refractivity contribution >= 4 is 18.3 Å². The van der Waals surface area contributed by atoms with E-state index in [4.69, 9.17) is 5.73 Å². The summed E-state index contributed by atoms with van der Waals surface area (Å²) in [6.45, 7) is 0.186. The van der Waals surface area contributed by atoms with Gasteiger partial charge in [0.05, 0.1) is 12.0 Å². The monoisotopic (exact) mass is 314 g/mol. The van der Waals surface area contributed by atoms with Crippen molar-refractivity contribution < 1.29 is 18.0 Å². The van der Waals surface area contributed by atoms with Crippen LogP contribution < -0.4 is 5.73 Å². The van der Waals surface area contributed by atoms with Crippen molar-refractivity contribution in [1.82, 2.24) is 4.90 Å². The zero-order valence-corrected chi connectivity index (χ0v) is 12.2. The van der Waals surface area contributed by atoms with Crippen molar-refractivity contribution in [2.75, 3.05) is 13.1 Å². The van der Waals surface area contributed by atoms with Gasteiger partial charge in [0.1, 0.15) is 0 Å². The molecule has 2 fully saturated rings. The molecule has 0 aromatic heterocycles. The molecule has 0 bridgehead atoms. The average molecular weight is 315 g/mol. The van der Waals surface area contributed by atoms with Gasteiger partial charge in [-0.15, -0.1) is 12.4 Å². The second-order valence-electron chi connectivity index (χ2n) is 5.92. The first-order valence-corrected chi connectivity index (χ1v) is 6.95.